The van der Waals surface area contributed by atoms with E-state index in [2.05, 4.69) is 10.5 Å². The molecule has 0 radical (unpaired) electrons. The second-order valence-electron chi connectivity index (χ2n) is 5.02. The molecule has 2 aromatic rings. The molecule has 0 unspecified atom stereocenters. The van der Waals surface area contributed by atoms with Gasteiger partial charge in [0.25, 0.3) is 0 Å². The van der Waals surface area contributed by atoms with Crippen LogP contribution in [0.5, 0.6) is 23.0 Å². The highest BCUT2D eigenvalue weighted by molar-refractivity contribution is 6.32. The van der Waals surface area contributed by atoms with Crippen LogP contribution in [-0.4, -0.2) is 34.7 Å². The molecule has 0 spiro atoms. The summed E-state index contributed by atoms with van der Waals surface area (Å²) in [6.07, 6.45) is 1.66. The molecule has 2 aromatic carbocycles. The number of ether oxygens (including phenoxy) is 4. The fourth-order valence-corrected chi connectivity index (χ4v) is 2.56. The van der Waals surface area contributed by atoms with E-state index in [1.54, 1.807) is 46.8 Å². The molecule has 0 aliphatic heterocycles. The number of hydrogen-bond acceptors (Lipinski definition) is 6. The van der Waals surface area contributed by atoms with Crippen LogP contribution in [0.15, 0.2) is 35.4 Å². The normalized spacial score (nSPS) is 10.6. The summed E-state index contributed by atoms with van der Waals surface area (Å²) in [7, 11) is 6.31. The maximum Gasteiger partial charge on any atom is 0.179 e. The molecule has 134 valence electrons. The van der Waals surface area contributed by atoms with Crippen LogP contribution in [-0.2, 0) is 6.54 Å². The van der Waals surface area contributed by atoms with Gasteiger partial charge in [0, 0.05) is 0 Å². The third-order valence-electron chi connectivity index (χ3n) is 3.49. The quantitative estimate of drug-likeness (QED) is 0.574. The minimum absolute atomic E-state index is 0.461. The summed E-state index contributed by atoms with van der Waals surface area (Å²) < 4.78 is 21.0. The summed E-state index contributed by atoms with van der Waals surface area (Å²) in [5.41, 5.74) is 4.79. The Morgan fingerprint density at radius 1 is 0.920 bits per heavy atom. The molecule has 2 rings (SSSR count). The first-order valence-electron chi connectivity index (χ1n) is 7.51. The molecule has 0 aliphatic rings. The van der Waals surface area contributed by atoms with Gasteiger partial charge in [-0.25, -0.2) is 0 Å². The standard InChI is InChI=1S/C18H21ClN2O4/c1-22-15-6-5-12(8-16(15)23-2)10-20-21-11-13-7-14(19)18(25-4)17(9-13)24-3/h5-9,11,20H,10H2,1-4H3/b21-11+. The van der Waals surface area contributed by atoms with Gasteiger partial charge in [-0.3, -0.25) is 0 Å². The predicted octanol–water partition coefficient (Wildman–Crippen LogP) is 3.50. The SMILES string of the molecule is COc1ccc(CN/N=C/c2cc(Cl)c(OC)c(OC)c2)cc1OC. The van der Waals surface area contributed by atoms with E-state index in [4.69, 9.17) is 30.5 Å². The lowest BCUT2D eigenvalue weighted by molar-refractivity contribution is 0.354. The molecule has 0 heterocycles. The summed E-state index contributed by atoms with van der Waals surface area (Å²) in [6, 6.07) is 9.25. The first-order valence-corrected chi connectivity index (χ1v) is 7.89. The zero-order valence-electron chi connectivity index (χ0n) is 14.6. The molecule has 0 saturated carbocycles. The monoisotopic (exact) mass is 364 g/mol. The largest absolute Gasteiger partial charge is 0.493 e. The Morgan fingerprint density at radius 3 is 2.28 bits per heavy atom. The fraction of sp³-hybridized carbons (Fsp3) is 0.278. The Hall–Kier alpha value is -2.60. The lowest BCUT2D eigenvalue weighted by atomic mass is 10.2. The summed E-state index contributed by atoms with van der Waals surface area (Å²) in [5.74, 6) is 2.42. The van der Waals surface area contributed by atoms with Crippen molar-refractivity contribution >= 4 is 17.8 Å². The molecule has 1 N–H and O–H groups in total. The second-order valence-corrected chi connectivity index (χ2v) is 5.43. The van der Waals surface area contributed by atoms with Gasteiger partial charge in [-0.2, -0.15) is 5.10 Å². The molecule has 7 heteroatoms. The van der Waals surface area contributed by atoms with Gasteiger partial charge in [-0.1, -0.05) is 17.7 Å². The van der Waals surface area contributed by atoms with Gasteiger partial charge >= 0.3 is 0 Å². The van der Waals surface area contributed by atoms with Crippen molar-refractivity contribution in [3.8, 4) is 23.0 Å². The average Bonchev–Trinajstić information content (AvgIpc) is 2.64. The van der Waals surface area contributed by atoms with Crippen molar-refractivity contribution < 1.29 is 18.9 Å². The lowest BCUT2D eigenvalue weighted by Gasteiger charge is -2.10. The number of hydrogen-bond donors (Lipinski definition) is 1. The van der Waals surface area contributed by atoms with Crippen LogP contribution in [0, 0.1) is 0 Å². The van der Waals surface area contributed by atoms with Gasteiger partial charge < -0.3 is 24.4 Å². The van der Waals surface area contributed by atoms with E-state index in [9.17, 15) is 0 Å². The number of rotatable bonds is 8. The molecule has 6 nitrogen and oxygen atoms in total. The van der Waals surface area contributed by atoms with Crippen molar-refractivity contribution in [2.75, 3.05) is 28.4 Å². The van der Waals surface area contributed by atoms with Crippen molar-refractivity contribution in [1.82, 2.24) is 5.43 Å². The van der Waals surface area contributed by atoms with Crippen LogP contribution in [0.3, 0.4) is 0 Å². The topological polar surface area (TPSA) is 61.3 Å². The predicted molar refractivity (Wildman–Crippen MR) is 98.5 cm³/mol. The van der Waals surface area contributed by atoms with Crippen molar-refractivity contribution in [2.45, 2.75) is 6.54 Å². The molecule has 0 saturated heterocycles. The number of halogens is 1. The molecule has 0 aliphatic carbocycles. The zero-order chi connectivity index (χ0) is 18.2. The van der Waals surface area contributed by atoms with Gasteiger partial charge in [0.05, 0.1) is 46.2 Å². The van der Waals surface area contributed by atoms with Gasteiger partial charge in [-0.05, 0) is 35.4 Å². The molecular formula is C18H21ClN2O4. The Morgan fingerprint density at radius 2 is 1.64 bits per heavy atom. The minimum Gasteiger partial charge on any atom is -0.493 e. The second kappa shape index (κ2) is 9.03. The van der Waals surface area contributed by atoms with Crippen molar-refractivity contribution in [2.24, 2.45) is 5.10 Å². The minimum atomic E-state index is 0.461. The van der Waals surface area contributed by atoms with Crippen LogP contribution in [0.2, 0.25) is 5.02 Å². The Bertz CT molecular complexity index is 750. The Balaban J connectivity index is 2.03. The molecule has 0 aromatic heterocycles. The third kappa shape index (κ3) is 4.70. The van der Waals surface area contributed by atoms with Crippen LogP contribution < -0.4 is 24.4 Å². The molecule has 0 amide bonds. The smallest absolute Gasteiger partial charge is 0.179 e. The van der Waals surface area contributed by atoms with Gasteiger partial charge in [0.1, 0.15) is 0 Å². The van der Waals surface area contributed by atoms with E-state index in [-0.39, 0.29) is 0 Å². The van der Waals surface area contributed by atoms with Crippen LogP contribution >= 0.6 is 11.6 Å². The number of nitrogens with one attached hydrogen (secondary N) is 1. The van der Waals surface area contributed by atoms with Gasteiger partial charge in [-0.15, -0.1) is 0 Å². The van der Waals surface area contributed by atoms with E-state index >= 15 is 0 Å². The highest BCUT2D eigenvalue weighted by atomic mass is 35.5. The van der Waals surface area contributed by atoms with Gasteiger partial charge in [0.15, 0.2) is 23.0 Å². The highest BCUT2D eigenvalue weighted by Gasteiger charge is 2.10. The van der Waals surface area contributed by atoms with Crippen LogP contribution in [0.4, 0.5) is 0 Å². The maximum atomic E-state index is 6.17. The molecule has 0 fully saturated rings. The number of benzene rings is 2. The Labute approximate surface area is 152 Å². The summed E-state index contributed by atoms with van der Waals surface area (Å²) in [5, 5.41) is 4.67. The summed E-state index contributed by atoms with van der Waals surface area (Å²) in [6.45, 7) is 0.540. The first-order chi connectivity index (χ1) is 12.1. The number of methoxy groups -OCH3 is 4. The molecule has 25 heavy (non-hydrogen) atoms. The summed E-state index contributed by atoms with van der Waals surface area (Å²) in [4.78, 5) is 0. The van der Waals surface area contributed by atoms with Crippen LogP contribution in [0.1, 0.15) is 11.1 Å². The van der Waals surface area contributed by atoms with E-state index < -0.39 is 0 Å². The Kier molecular flexibility index (Phi) is 6.77. The number of hydrazone groups is 1. The van der Waals surface area contributed by atoms with E-state index in [0.29, 0.717) is 34.6 Å². The third-order valence-corrected chi connectivity index (χ3v) is 3.77. The maximum absolute atomic E-state index is 6.17. The van der Waals surface area contributed by atoms with E-state index in [1.807, 2.05) is 18.2 Å². The molecular weight excluding hydrogens is 344 g/mol. The average molecular weight is 365 g/mol. The van der Waals surface area contributed by atoms with Crippen molar-refractivity contribution in [3.63, 3.8) is 0 Å². The lowest BCUT2D eigenvalue weighted by Crippen LogP contribution is -2.06. The molecule has 0 atom stereocenters. The van der Waals surface area contributed by atoms with E-state index in [1.165, 1.54) is 0 Å². The van der Waals surface area contributed by atoms with Crippen molar-refractivity contribution in [1.29, 1.82) is 0 Å². The van der Waals surface area contributed by atoms with Crippen LogP contribution in [0.25, 0.3) is 0 Å². The van der Waals surface area contributed by atoms with E-state index in [0.717, 1.165) is 11.1 Å². The highest BCUT2D eigenvalue weighted by Crippen LogP contribution is 2.35. The first kappa shape index (κ1) is 18.7. The van der Waals surface area contributed by atoms with Gasteiger partial charge in [0.2, 0.25) is 0 Å². The zero-order valence-corrected chi connectivity index (χ0v) is 15.4. The fourth-order valence-electron chi connectivity index (χ4n) is 2.26. The molecule has 0 bridgehead atoms. The summed E-state index contributed by atoms with van der Waals surface area (Å²) >= 11 is 6.17. The van der Waals surface area contributed by atoms with Crippen molar-refractivity contribution in [3.05, 3.63) is 46.5 Å². The number of nitrogens with zero attached hydrogens (tertiary/aromatic N) is 1.